The van der Waals surface area contributed by atoms with E-state index >= 15 is 0 Å². The minimum atomic E-state index is -3.79. The predicted molar refractivity (Wildman–Crippen MR) is 65.2 cm³/mol. The maximum Gasteiger partial charge on any atom is 0.243 e. The van der Waals surface area contributed by atoms with Crippen LogP contribution in [-0.4, -0.2) is 27.2 Å². The largest absolute Gasteiger partial charge is 0.378 e. The van der Waals surface area contributed by atoms with Crippen molar-refractivity contribution >= 4 is 10.0 Å². The van der Waals surface area contributed by atoms with E-state index in [0.29, 0.717) is 19.4 Å². The fourth-order valence-corrected chi connectivity index (χ4v) is 3.41. The predicted octanol–water partition coefficient (Wildman–Crippen LogP) is 1.67. The lowest BCUT2D eigenvalue weighted by Crippen LogP contribution is -2.41. The van der Waals surface area contributed by atoms with E-state index in [2.05, 4.69) is 4.72 Å². The Morgan fingerprint density at radius 2 is 2.11 bits per heavy atom. The van der Waals surface area contributed by atoms with Gasteiger partial charge in [-0.2, -0.15) is 0 Å². The molecule has 100 valence electrons. The number of nitrogens with one attached hydrogen (secondary N) is 1. The van der Waals surface area contributed by atoms with Crippen LogP contribution in [0.25, 0.3) is 0 Å². The number of rotatable bonds is 3. The molecule has 0 amide bonds. The van der Waals surface area contributed by atoms with Gasteiger partial charge in [0.2, 0.25) is 10.0 Å². The fraction of sp³-hybridized carbons (Fsp3) is 0.500. The van der Waals surface area contributed by atoms with Crippen LogP contribution in [0, 0.1) is 5.82 Å². The van der Waals surface area contributed by atoms with Gasteiger partial charge in [-0.25, -0.2) is 17.5 Å². The fourth-order valence-electron chi connectivity index (χ4n) is 2.05. The molecule has 1 aromatic rings. The van der Waals surface area contributed by atoms with Crippen LogP contribution in [-0.2, 0) is 14.8 Å². The molecule has 6 heteroatoms. The zero-order valence-electron chi connectivity index (χ0n) is 10.1. The number of ether oxygens (including phenoxy) is 1. The van der Waals surface area contributed by atoms with E-state index in [-0.39, 0.29) is 17.0 Å². The first kappa shape index (κ1) is 13.5. The number of benzene rings is 1. The Hall–Kier alpha value is -0.980. The minimum Gasteiger partial charge on any atom is -0.378 e. The summed E-state index contributed by atoms with van der Waals surface area (Å²) in [6, 6.07) is 5.18. The molecule has 2 rings (SSSR count). The van der Waals surface area contributed by atoms with Crippen LogP contribution >= 0.6 is 0 Å². The van der Waals surface area contributed by atoms with Crippen LogP contribution < -0.4 is 4.72 Å². The number of hydrogen-bond donors (Lipinski definition) is 1. The van der Waals surface area contributed by atoms with Crippen molar-refractivity contribution in [2.24, 2.45) is 0 Å². The van der Waals surface area contributed by atoms with E-state index in [0.717, 1.165) is 6.07 Å². The molecule has 0 radical (unpaired) electrons. The highest BCUT2D eigenvalue weighted by molar-refractivity contribution is 7.89. The van der Waals surface area contributed by atoms with Crippen molar-refractivity contribution in [2.45, 2.75) is 36.8 Å². The first-order valence-electron chi connectivity index (χ1n) is 5.87. The molecule has 1 N–H and O–H groups in total. The van der Waals surface area contributed by atoms with Crippen molar-refractivity contribution in [1.29, 1.82) is 0 Å². The Balaban J connectivity index is 2.15. The molecule has 0 saturated carbocycles. The average molecular weight is 273 g/mol. The lowest BCUT2D eigenvalue weighted by Gasteiger charge is -2.27. The molecule has 1 fully saturated rings. The van der Waals surface area contributed by atoms with Crippen LogP contribution in [0.3, 0.4) is 0 Å². The average Bonchev–Trinajstić information content (AvgIpc) is 2.28. The second-order valence-corrected chi connectivity index (χ2v) is 6.14. The molecular weight excluding hydrogens is 257 g/mol. The van der Waals surface area contributed by atoms with Crippen molar-refractivity contribution in [2.75, 3.05) is 6.61 Å². The standard InChI is InChI=1S/C12H16FNO3S/c1-9-8-10(6-7-17-9)14-18(15,16)12-5-3-2-4-11(12)13/h2-5,9-10,14H,6-8H2,1H3. The molecule has 0 bridgehead atoms. The van der Waals surface area contributed by atoms with Gasteiger partial charge < -0.3 is 4.74 Å². The van der Waals surface area contributed by atoms with Gasteiger partial charge in [0.05, 0.1) is 6.10 Å². The van der Waals surface area contributed by atoms with E-state index in [4.69, 9.17) is 4.74 Å². The van der Waals surface area contributed by atoms with Crippen LogP contribution in [0.2, 0.25) is 0 Å². The maximum absolute atomic E-state index is 13.5. The third-order valence-electron chi connectivity index (χ3n) is 2.93. The first-order chi connectivity index (χ1) is 8.49. The Labute approximate surface area is 106 Å². The van der Waals surface area contributed by atoms with E-state index in [1.54, 1.807) is 0 Å². The Kier molecular flexibility index (Phi) is 3.99. The van der Waals surface area contributed by atoms with Crippen molar-refractivity contribution in [3.63, 3.8) is 0 Å². The van der Waals surface area contributed by atoms with Crippen LogP contribution in [0.4, 0.5) is 4.39 Å². The summed E-state index contributed by atoms with van der Waals surface area (Å²) in [7, 11) is -3.79. The SMILES string of the molecule is CC1CC(NS(=O)(=O)c2ccccc2F)CCO1. The monoisotopic (exact) mass is 273 g/mol. The van der Waals surface area contributed by atoms with Gasteiger partial charge in [0.25, 0.3) is 0 Å². The van der Waals surface area contributed by atoms with Crippen LogP contribution in [0.1, 0.15) is 19.8 Å². The molecule has 1 aromatic carbocycles. The summed E-state index contributed by atoms with van der Waals surface area (Å²) in [5.41, 5.74) is 0. The highest BCUT2D eigenvalue weighted by Gasteiger charge is 2.26. The van der Waals surface area contributed by atoms with Crippen LogP contribution in [0.15, 0.2) is 29.2 Å². The number of sulfonamides is 1. The molecule has 18 heavy (non-hydrogen) atoms. The van der Waals surface area contributed by atoms with E-state index in [1.165, 1.54) is 18.2 Å². The molecule has 0 aromatic heterocycles. The molecular formula is C12H16FNO3S. The summed E-state index contributed by atoms with van der Waals surface area (Å²) >= 11 is 0. The quantitative estimate of drug-likeness (QED) is 0.911. The van der Waals surface area contributed by atoms with Gasteiger partial charge in [0.15, 0.2) is 0 Å². The van der Waals surface area contributed by atoms with Crippen molar-refractivity contribution < 1.29 is 17.5 Å². The molecule has 1 aliphatic rings. The van der Waals surface area contributed by atoms with Gasteiger partial charge in [-0.1, -0.05) is 12.1 Å². The van der Waals surface area contributed by atoms with E-state index in [9.17, 15) is 12.8 Å². The van der Waals surface area contributed by atoms with Crippen molar-refractivity contribution in [3.05, 3.63) is 30.1 Å². The summed E-state index contributed by atoms with van der Waals surface area (Å²) in [6.07, 6.45) is 1.23. The summed E-state index contributed by atoms with van der Waals surface area (Å²) < 4.78 is 45.4. The third-order valence-corrected chi connectivity index (χ3v) is 4.49. The van der Waals surface area contributed by atoms with E-state index in [1.807, 2.05) is 6.92 Å². The van der Waals surface area contributed by atoms with Crippen LogP contribution in [0.5, 0.6) is 0 Å². The van der Waals surface area contributed by atoms with Gasteiger partial charge >= 0.3 is 0 Å². The third kappa shape index (κ3) is 3.07. The normalized spacial score (nSPS) is 25.0. The zero-order chi connectivity index (χ0) is 13.2. The summed E-state index contributed by atoms with van der Waals surface area (Å²) in [5.74, 6) is -0.731. The molecule has 2 atom stereocenters. The van der Waals surface area contributed by atoms with Crippen molar-refractivity contribution in [3.8, 4) is 0 Å². The topological polar surface area (TPSA) is 55.4 Å². The molecule has 4 nitrogen and oxygen atoms in total. The van der Waals surface area contributed by atoms with Gasteiger partial charge in [-0.05, 0) is 31.9 Å². The second-order valence-electron chi connectivity index (χ2n) is 4.45. The summed E-state index contributed by atoms with van der Waals surface area (Å²) in [6.45, 7) is 2.41. The second kappa shape index (κ2) is 5.34. The van der Waals surface area contributed by atoms with Gasteiger partial charge in [-0.3, -0.25) is 0 Å². The molecule has 0 spiro atoms. The molecule has 2 unspecified atom stereocenters. The Morgan fingerprint density at radius 3 is 2.78 bits per heavy atom. The molecule has 1 aliphatic heterocycles. The maximum atomic E-state index is 13.5. The molecule has 1 saturated heterocycles. The van der Waals surface area contributed by atoms with Gasteiger partial charge in [0.1, 0.15) is 10.7 Å². The lowest BCUT2D eigenvalue weighted by atomic mass is 10.1. The van der Waals surface area contributed by atoms with Crippen molar-refractivity contribution in [1.82, 2.24) is 4.72 Å². The Bertz CT molecular complexity index is 518. The van der Waals surface area contributed by atoms with Gasteiger partial charge in [0, 0.05) is 12.6 Å². The molecule has 1 heterocycles. The molecule has 0 aliphatic carbocycles. The first-order valence-corrected chi connectivity index (χ1v) is 7.36. The summed E-state index contributed by atoms with van der Waals surface area (Å²) in [4.78, 5) is -0.302. The zero-order valence-corrected chi connectivity index (χ0v) is 10.9. The Morgan fingerprint density at radius 1 is 1.39 bits per heavy atom. The highest BCUT2D eigenvalue weighted by atomic mass is 32.2. The lowest BCUT2D eigenvalue weighted by molar-refractivity contribution is 0.0173. The minimum absolute atomic E-state index is 0.0204. The van der Waals surface area contributed by atoms with E-state index < -0.39 is 15.8 Å². The number of halogens is 1. The van der Waals surface area contributed by atoms with Gasteiger partial charge in [-0.15, -0.1) is 0 Å². The summed E-state index contributed by atoms with van der Waals surface area (Å²) in [5, 5.41) is 0. The smallest absolute Gasteiger partial charge is 0.243 e. The highest BCUT2D eigenvalue weighted by Crippen LogP contribution is 2.18. The number of hydrogen-bond acceptors (Lipinski definition) is 3.